The molecular weight excluding hydrogens is 416 g/mol. The lowest BCUT2D eigenvalue weighted by atomic mass is 10.1. The molecule has 0 bridgehead atoms. The normalized spacial score (nSPS) is 11.1. The molecule has 0 aliphatic heterocycles. The van der Waals surface area contributed by atoms with Crippen LogP contribution in [0.15, 0.2) is 35.1 Å². The quantitative estimate of drug-likeness (QED) is 0.754. The number of rotatable bonds is 3. The zero-order chi connectivity index (χ0) is 14.9. The first-order valence-electron chi connectivity index (χ1n) is 5.54. The molecule has 0 radical (unpaired) electrons. The molecule has 0 spiro atoms. The van der Waals surface area contributed by atoms with Crippen LogP contribution in [0.25, 0.3) is 11.3 Å². The minimum absolute atomic E-state index is 0.00353. The average molecular weight is 425 g/mol. The lowest BCUT2D eigenvalue weighted by Gasteiger charge is -2.17. The number of aliphatic hydroxyl groups excluding tert-OH is 1. The van der Waals surface area contributed by atoms with Gasteiger partial charge in [-0.25, -0.2) is 4.39 Å². The molecule has 7 heteroatoms. The maximum absolute atomic E-state index is 13.0. The standard InChI is InChI=1S/C13H9Br2ClFNO2/c14-12(15)9-5-10(16)13(20)18(6-19)11(9)7-1-3-8(17)4-2-7/h1-5,12,19H,6H2. The van der Waals surface area contributed by atoms with E-state index >= 15 is 0 Å². The SMILES string of the molecule is O=c1c(Cl)cc(C(Br)Br)c(-c2ccc(F)cc2)n1CO. The van der Waals surface area contributed by atoms with Gasteiger partial charge in [0, 0.05) is 5.56 Å². The Labute approximate surface area is 136 Å². The van der Waals surface area contributed by atoms with Crippen LogP contribution < -0.4 is 5.56 Å². The van der Waals surface area contributed by atoms with Crippen molar-refractivity contribution < 1.29 is 9.50 Å². The molecule has 2 aromatic rings. The number of nitrogens with zero attached hydrogens (tertiary/aromatic N) is 1. The van der Waals surface area contributed by atoms with Gasteiger partial charge in [0.05, 0.1) is 9.43 Å². The third-order valence-corrected chi connectivity index (χ3v) is 4.03. The Morgan fingerprint density at radius 2 is 1.90 bits per heavy atom. The summed E-state index contributed by atoms with van der Waals surface area (Å²) in [4.78, 5) is 12.0. The highest BCUT2D eigenvalue weighted by atomic mass is 79.9. The molecule has 0 aliphatic rings. The van der Waals surface area contributed by atoms with Crippen molar-refractivity contribution in [2.24, 2.45) is 0 Å². The van der Waals surface area contributed by atoms with Crippen LogP contribution >= 0.6 is 43.5 Å². The minimum atomic E-state index is -0.522. The van der Waals surface area contributed by atoms with Crippen molar-refractivity contribution in [1.29, 1.82) is 0 Å². The summed E-state index contributed by atoms with van der Waals surface area (Å²) in [5.41, 5.74) is 1.24. The van der Waals surface area contributed by atoms with Crippen molar-refractivity contribution >= 4 is 43.5 Å². The van der Waals surface area contributed by atoms with Gasteiger partial charge in [0.25, 0.3) is 5.56 Å². The van der Waals surface area contributed by atoms with Crippen molar-refractivity contribution in [3.8, 4) is 11.3 Å². The van der Waals surface area contributed by atoms with Gasteiger partial charge in [-0.2, -0.15) is 0 Å². The monoisotopic (exact) mass is 423 g/mol. The Morgan fingerprint density at radius 1 is 1.30 bits per heavy atom. The van der Waals surface area contributed by atoms with E-state index in [4.69, 9.17) is 11.6 Å². The van der Waals surface area contributed by atoms with Crippen molar-refractivity contribution in [2.45, 2.75) is 10.5 Å². The average Bonchev–Trinajstić information content (AvgIpc) is 2.42. The molecule has 20 heavy (non-hydrogen) atoms. The van der Waals surface area contributed by atoms with Crippen LogP contribution in [0, 0.1) is 5.82 Å². The first kappa shape index (κ1) is 15.7. The van der Waals surface area contributed by atoms with Gasteiger partial charge in [-0.05, 0) is 35.9 Å². The molecule has 0 unspecified atom stereocenters. The van der Waals surface area contributed by atoms with E-state index in [0.29, 0.717) is 16.8 Å². The number of aromatic nitrogens is 1. The highest BCUT2D eigenvalue weighted by molar-refractivity contribution is 9.24. The fourth-order valence-corrected chi connectivity index (χ4v) is 2.80. The van der Waals surface area contributed by atoms with E-state index in [-0.39, 0.29) is 14.6 Å². The van der Waals surface area contributed by atoms with Crippen molar-refractivity contribution in [3.63, 3.8) is 0 Å². The Hall–Kier alpha value is -0.690. The molecule has 0 saturated carbocycles. The van der Waals surface area contributed by atoms with Crippen LogP contribution in [0.3, 0.4) is 0 Å². The second-order valence-corrected chi connectivity index (χ2v) is 7.45. The molecule has 106 valence electrons. The predicted molar refractivity (Wildman–Crippen MR) is 83.9 cm³/mol. The molecule has 1 N–H and O–H groups in total. The Bertz CT molecular complexity index is 686. The molecule has 1 heterocycles. The highest BCUT2D eigenvalue weighted by Crippen LogP contribution is 2.37. The summed E-state index contributed by atoms with van der Waals surface area (Å²) in [6.07, 6.45) is 0. The molecule has 0 aliphatic carbocycles. The van der Waals surface area contributed by atoms with E-state index in [1.165, 1.54) is 30.3 Å². The predicted octanol–water partition coefficient (Wildman–Crippen LogP) is 4.05. The van der Waals surface area contributed by atoms with E-state index in [1.807, 2.05) is 0 Å². The summed E-state index contributed by atoms with van der Waals surface area (Å²) < 4.78 is 13.9. The molecule has 1 aromatic carbocycles. The van der Waals surface area contributed by atoms with Crippen LogP contribution in [0.5, 0.6) is 0 Å². The summed E-state index contributed by atoms with van der Waals surface area (Å²) in [7, 11) is 0. The highest BCUT2D eigenvalue weighted by Gasteiger charge is 2.18. The smallest absolute Gasteiger partial charge is 0.271 e. The van der Waals surface area contributed by atoms with Gasteiger partial charge >= 0.3 is 0 Å². The minimum Gasteiger partial charge on any atom is -0.376 e. The Balaban J connectivity index is 2.81. The number of hydrogen-bond donors (Lipinski definition) is 1. The van der Waals surface area contributed by atoms with Crippen LogP contribution in [0.4, 0.5) is 4.39 Å². The molecular formula is C13H9Br2ClFNO2. The van der Waals surface area contributed by atoms with Gasteiger partial charge in [0.15, 0.2) is 0 Å². The maximum atomic E-state index is 13.0. The van der Waals surface area contributed by atoms with Crippen LogP contribution in [0.2, 0.25) is 5.02 Å². The summed E-state index contributed by atoms with van der Waals surface area (Å²) in [6, 6.07) is 7.17. The van der Waals surface area contributed by atoms with E-state index in [0.717, 1.165) is 4.57 Å². The zero-order valence-electron chi connectivity index (χ0n) is 9.99. The Kier molecular flexibility index (Phi) is 5.01. The van der Waals surface area contributed by atoms with Gasteiger partial charge in [-0.1, -0.05) is 43.5 Å². The number of aliphatic hydroxyl groups is 1. The molecule has 3 nitrogen and oxygen atoms in total. The number of hydrogen-bond acceptors (Lipinski definition) is 2. The van der Waals surface area contributed by atoms with Gasteiger partial charge in [0.2, 0.25) is 0 Å². The summed E-state index contributed by atoms with van der Waals surface area (Å²) in [5.74, 6) is -0.378. The Morgan fingerprint density at radius 3 is 2.40 bits per heavy atom. The maximum Gasteiger partial charge on any atom is 0.271 e. The summed E-state index contributed by atoms with van der Waals surface area (Å²) >= 11 is 12.6. The number of halogens is 4. The lowest BCUT2D eigenvalue weighted by Crippen LogP contribution is -2.23. The molecule has 0 fully saturated rings. The number of alkyl halides is 2. The van der Waals surface area contributed by atoms with Crippen LogP contribution in [-0.4, -0.2) is 9.67 Å². The summed E-state index contributed by atoms with van der Waals surface area (Å²) in [6.45, 7) is -0.522. The third-order valence-electron chi connectivity index (χ3n) is 2.77. The first-order chi connectivity index (χ1) is 9.45. The van der Waals surface area contributed by atoms with E-state index < -0.39 is 12.3 Å². The molecule has 1 aromatic heterocycles. The van der Waals surface area contributed by atoms with Crippen molar-refractivity contribution in [2.75, 3.05) is 0 Å². The number of benzene rings is 1. The largest absolute Gasteiger partial charge is 0.376 e. The van der Waals surface area contributed by atoms with Gasteiger partial charge in [0.1, 0.15) is 17.6 Å². The zero-order valence-corrected chi connectivity index (χ0v) is 13.9. The van der Waals surface area contributed by atoms with Gasteiger partial charge in [-0.3, -0.25) is 9.36 Å². The van der Waals surface area contributed by atoms with E-state index in [2.05, 4.69) is 31.9 Å². The lowest BCUT2D eigenvalue weighted by molar-refractivity contribution is 0.207. The van der Waals surface area contributed by atoms with E-state index in [9.17, 15) is 14.3 Å². The fourth-order valence-electron chi connectivity index (χ4n) is 1.88. The molecule has 0 atom stereocenters. The molecule has 0 saturated heterocycles. The van der Waals surface area contributed by atoms with Crippen molar-refractivity contribution in [3.05, 3.63) is 57.1 Å². The van der Waals surface area contributed by atoms with Crippen molar-refractivity contribution in [1.82, 2.24) is 4.57 Å². The first-order valence-corrected chi connectivity index (χ1v) is 7.74. The topological polar surface area (TPSA) is 42.2 Å². The molecule has 0 amide bonds. The second kappa shape index (κ2) is 6.39. The van der Waals surface area contributed by atoms with Crippen LogP contribution in [-0.2, 0) is 6.73 Å². The van der Waals surface area contributed by atoms with Crippen LogP contribution in [0.1, 0.15) is 9.30 Å². The van der Waals surface area contributed by atoms with Gasteiger partial charge < -0.3 is 5.11 Å². The fraction of sp³-hybridized carbons (Fsp3) is 0.154. The molecule has 2 rings (SSSR count). The third kappa shape index (κ3) is 2.98. The number of pyridine rings is 1. The summed E-state index contributed by atoms with van der Waals surface area (Å²) in [5, 5.41) is 9.45. The van der Waals surface area contributed by atoms with Gasteiger partial charge in [-0.15, -0.1) is 0 Å². The van der Waals surface area contributed by atoms with E-state index in [1.54, 1.807) is 0 Å². The second-order valence-electron chi connectivity index (χ2n) is 3.98.